The predicted molar refractivity (Wildman–Crippen MR) is 115 cm³/mol. The van der Waals surface area contributed by atoms with Gasteiger partial charge in [-0.25, -0.2) is 15.1 Å². The Morgan fingerprint density at radius 1 is 1.00 bits per heavy atom. The zero-order valence-electron chi connectivity index (χ0n) is 16.3. The molecule has 1 amide bonds. The summed E-state index contributed by atoms with van der Waals surface area (Å²) in [6, 6.07) is 26.5. The summed E-state index contributed by atoms with van der Waals surface area (Å²) in [6.07, 6.45) is 1.53. The molecule has 0 saturated carbocycles. The average molecular weight is 397 g/mol. The number of hydrogen-bond acceptors (Lipinski definition) is 5. The molecule has 0 fully saturated rings. The minimum atomic E-state index is -0.499. The van der Waals surface area contributed by atoms with Crippen LogP contribution in [-0.4, -0.2) is 34.0 Å². The van der Waals surface area contributed by atoms with Gasteiger partial charge in [0.2, 0.25) is 5.82 Å². The molecule has 4 aromatic rings. The van der Waals surface area contributed by atoms with E-state index in [1.54, 1.807) is 11.8 Å². The minimum Gasteiger partial charge on any atom is -0.497 e. The topological polar surface area (TPSA) is 81.4 Å². The van der Waals surface area contributed by atoms with E-state index in [1.807, 2.05) is 84.9 Å². The van der Waals surface area contributed by atoms with E-state index in [4.69, 9.17) is 4.74 Å². The van der Waals surface area contributed by atoms with Gasteiger partial charge in [0.1, 0.15) is 5.75 Å². The van der Waals surface area contributed by atoms with Crippen molar-refractivity contribution in [2.75, 3.05) is 7.11 Å². The molecule has 4 rings (SSSR count). The van der Waals surface area contributed by atoms with Crippen molar-refractivity contribution in [2.45, 2.75) is 0 Å². The molecule has 0 unspecified atom stereocenters. The molecule has 0 bridgehead atoms. The van der Waals surface area contributed by atoms with Gasteiger partial charge >= 0.3 is 5.91 Å². The van der Waals surface area contributed by atoms with Crippen molar-refractivity contribution in [3.05, 3.63) is 96.3 Å². The van der Waals surface area contributed by atoms with E-state index in [1.165, 1.54) is 6.21 Å². The number of nitrogens with one attached hydrogen (secondary N) is 1. The second kappa shape index (κ2) is 8.83. The van der Waals surface area contributed by atoms with Crippen LogP contribution in [0.4, 0.5) is 0 Å². The van der Waals surface area contributed by atoms with E-state index < -0.39 is 5.91 Å². The standard InChI is InChI=1S/C23H19N5O2/c1-30-20-14-8-9-17(15-20)16-24-26-23(29)21-25-22(18-10-4-2-5-11-18)28(27-21)19-12-6-3-7-13-19/h2-16H,1H3,(H,26,29)/b24-16+. The lowest BCUT2D eigenvalue weighted by Crippen LogP contribution is -2.19. The number of aromatic nitrogens is 3. The number of methoxy groups -OCH3 is 1. The Morgan fingerprint density at radius 3 is 2.47 bits per heavy atom. The van der Waals surface area contributed by atoms with Crippen molar-refractivity contribution >= 4 is 12.1 Å². The van der Waals surface area contributed by atoms with E-state index in [0.29, 0.717) is 11.6 Å². The molecule has 30 heavy (non-hydrogen) atoms. The fraction of sp³-hybridized carbons (Fsp3) is 0.0435. The van der Waals surface area contributed by atoms with Crippen LogP contribution in [0.25, 0.3) is 17.1 Å². The SMILES string of the molecule is COc1cccc(/C=N/NC(=O)c2nc(-c3ccccc3)n(-c3ccccc3)n2)c1. The third-order valence-corrected chi connectivity index (χ3v) is 4.32. The monoisotopic (exact) mass is 397 g/mol. The molecule has 0 aliphatic carbocycles. The number of amides is 1. The van der Waals surface area contributed by atoms with Crippen molar-refractivity contribution < 1.29 is 9.53 Å². The molecule has 1 N–H and O–H groups in total. The quantitative estimate of drug-likeness (QED) is 0.397. The molecular formula is C23H19N5O2. The third kappa shape index (κ3) is 4.25. The first-order chi connectivity index (χ1) is 14.7. The normalized spacial score (nSPS) is 10.8. The van der Waals surface area contributed by atoms with Gasteiger partial charge in [0.15, 0.2) is 5.82 Å². The van der Waals surface area contributed by atoms with Crippen molar-refractivity contribution in [1.29, 1.82) is 0 Å². The van der Waals surface area contributed by atoms with E-state index >= 15 is 0 Å². The first-order valence-corrected chi connectivity index (χ1v) is 9.30. The van der Waals surface area contributed by atoms with Crippen molar-refractivity contribution in [3.8, 4) is 22.8 Å². The zero-order valence-corrected chi connectivity index (χ0v) is 16.3. The van der Waals surface area contributed by atoms with Crippen LogP contribution in [0.5, 0.6) is 5.75 Å². The number of carbonyl (C=O) groups is 1. The lowest BCUT2D eigenvalue weighted by atomic mass is 10.2. The van der Waals surface area contributed by atoms with Crippen LogP contribution in [0.1, 0.15) is 16.2 Å². The second-order valence-electron chi connectivity index (χ2n) is 6.35. The molecule has 0 saturated heterocycles. The molecule has 7 heteroatoms. The first-order valence-electron chi connectivity index (χ1n) is 9.30. The Hall–Kier alpha value is -4.26. The first kappa shape index (κ1) is 19.1. The number of para-hydroxylation sites is 1. The fourth-order valence-electron chi connectivity index (χ4n) is 2.87. The summed E-state index contributed by atoms with van der Waals surface area (Å²) < 4.78 is 6.83. The van der Waals surface area contributed by atoms with Crippen molar-refractivity contribution in [3.63, 3.8) is 0 Å². The lowest BCUT2D eigenvalue weighted by Gasteiger charge is -2.05. The maximum atomic E-state index is 12.6. The van der Waals surface area contributed by atoms with E-state index in [-0.39, 0.29) is 5.82 Å². The van der Waals surface area contributed by atoms with Crippen LogP contribution in [0, 0.1) is 0 Å². The maximum Gasteiger partial charge on any atom is 0.311 e. The predicted octanol–water partition coefficient (Wildman–Crippen LogP) is 3.71. The van der Waals surface area contributed by atoms with Gasteiger partial charge in [0.05, 0.1) is 19.0 Å². The van der Waals surface area contributed by atoms with Gasteiger partial charge in [-0.15, -0.1) is 5.10 Å². The molecule has 1 aromatic heterocycles. The number of rotatable bonds is 6. The van der Waals surface area contributed by atoms with E-state index in [9.17, 15) is 4.79 Å². The van der Waals surface area contributed by atoms with Gasteiger partial charge in [-0.1, -0.05) is 60.7 Å². The number of hydrazone groups is 1. The number of ether oxygens (including phenoxy) is 1. The van der Waals surface area contributed by atoms with E-state index in [0.717, 1.165) is 16.8 Å². The van der Waals surface area contributed by atoms with Crippen molar-refractivity contribution in [1.82, 2.24) is 20.2 Å². The summed E-state index contributed by atoms with van der Waals surface area (Å²) >= 11 is 0. The minimum absolute atomic E-state index is 0.0282. The molecule has 0 radical (unpaired) electrons. The summed E-state index contributed by atoms with van der Waals surface area (Å²) in [4.78, 5) is 17.1. The lowest BCUT2D eigenvalue weighted by molar-refractivity contribution is 0.0945. The Kier molecular flexibility index (Phi) is 5.61. The Balaban J connectivity index is 1.60. The molecule has 7 nitrogen and oxygen atoms in total. The van der Waals surface area contributed by atoms with Gasteiger partial charge < -0.3 is 4.74 Å². The molecular weight excluding hydrogens is 378 g/mol. The molecule has 0 aliphatic rings. The van der Waals surface area contributed by atoms with Crippen LogP contribution >= 0.6 is 0 Å². The van der Waals surface area contributed by atoms with Crippen LogP contribution in [0.3, 0.4) is 0 Å². The zero-order chi connectivity index (χ0) is 20.8. The molecule has 1 heterocycles. The molecule has 148 valence electrons. The summed E-state index contributed by atoms with van der Waals surface area (Å²) in [7, 11) is 1.59. The van der Waals surface area contributed by atoms with Gasteiger partial charge in [-0.2, -0.15) is 5.10 Å². The summed E-state index contributed by atoms with van der Waals surface area (Å²) in [5, 5.41) is 8.42. The number of carbonyl (C=O) groups excluding carboxylic acids is 1. The van der Waals surface area contributed by atoms with Crippen LogP contribution < -0.4 is 10.2 Å². The Labute approximate surface area is 173 Å². The van der Waals surface area contributed by atoms with Crippen LogP contribution in [-0.2, 0) is 0 Å². The summed E-state index contributed by atoms with van der Waals surface area (Å²) in [6.45, 7) is 0. The Bertz CT molecular complexity index is 1110. The number of benzene rings is 3. The highest BCUT2D eigenvalue weighted by Gasteiger charge is 2.18. The van der Waals surface area contributed by atoms with Crippen molar-refractivity contribution in [2.24, 2.45) is 5.10 Å². The fourth-order valence-corrected chi connectivity index (χ4v) is 2.87. The van der Waals surface area contributed by atoms with Gasteiger partial charge in [-0.05, 0) is 29.8 Å². The molecule has 0 spiro atoms. The van der Waals surface area contributed by atoms with Gasteiger partial charge in [0.25, 0.3) is 0 Å². The summed E-state index contributed by atoms with van der Waals surface area (Å²) in [5.74, 6) is 0.811. The highest BCUT2D eigenvalue weighted by Crippen LogP contribution is 2.21. The van der Waals surface area contributed by atoms with Crippen LogP contribution in [0.15, 0.2) is 90.0 Å². The average Bonchev–Trinajstić information content (AvgIpc) is 3.26. The number of hydrogen-bond donors (Lipinski definition) is 1. The smallest absolute Gasteiger partial charge is 0.311 e. The van der Waals surface area contributed by atoms with Gasteiger partial charge in [-0.3, -0.25) is 4.79 Å². The van der Waals surface area contributed by atoms with Gasteiger partial charge in [0, 0.05) is 5.56 Å². The van der Waals surface area contributed by atoms with E-state index in [2.05, 4.69) is 20.6 Å². The second-order valence-corrected chi connectivity index (χ2v) is 6.35. The molecule has 3 aromatic carbocycles. The van der Waals surface area contributed by atoms with Crippen LogP contribution in [0.2, 0.25) is 0 Å². The Morgan fingerprint density at radius 2 is 1.73 bits per heavy atom. The number of nitrogens with zero attached hydrogens (tertiary/aromatic N) is 4. The molecule has 0 aliphatic heterocycles. The largest absolute Gasteiger partial charge is 0.497 e. The molecule has 0 atom stereocenters. The third-order valence-electron chi connectivity index (χ3n) is 4.32. The highest BCUT2D eigenvalue weighted by atomic mass is 16.5. The maximum absolute atomic E-state index is 12.6. The summed E-state index contributed by atoms with van der Waals surface area (Å²) in [5.41, 5.74) is 4.94. The highest BCUT2D eigenvalue weighted by molar-refractivity contribution is 5.92.